The Kier molecular flexibility index (Phi) is 5.22. The number of nitrogens with zero attached hydrogens (tertiary/aromatic N) is 1. The van der Waals surface area contributed by atoms with Crippen molar-refractivity contribution in [1.29, 1.82) is 0 Å². The summed E-state index contributed by atoms with van der Waals surface area (Å²) >= 11 is 0. The third kappa shape index (κ3) is 3.95. The monoisotopic (exact) mass is 383 g/mol. The van der Waals surface area contributed by atoms with Gasteiger partial charge < -0.3 is 14.4 Å². The molecule has 0 spiro atoms. The number of ether oxygens (including phenoxy) is 2. The van der Waals surface area contributed by atoms with Crippen LogP contribution in [-0.4, -0.2) is 25.0 Å². The van der Waals surface area contributed by atoms with Gasteiger partial charge in [-0.1, -0.05) is 42.2 Å². The van der Waals surface area contributed by atoms with Crippen molar-refractivity contribution in [1.82, 2.24) is 4.90 Å². The molecule has 0 aliphatic carbocycles. The van der Waals surface area contributed by atoms with E-state index in [-0.39, 0.29) is 5.91 Å². The molecule has 4 heteroatoms. The average Bonchev–Trinajstić information content (AvgIpc) is 3.21. The maximum atomic E-state index is 13.2. The molecule has 1 aliphatic heterocycles. The van der Waals surface area contributed by atoms with E-state index in [1.165, 1.54) is 11.1 Å². The first-order valence-corrected chi connectivity index (χ1v) is 9.38. The van der Waals surface area contributed by atoms with E-state index >= 15 is 0 Å². The van der Waals surface area contributed by atoms with Crippen LogP contribution in [0.3, 0.4) is 0 Å². The molecule has 3 aromatic rings. The van der Waals surface area contributed by atoms with Crippen LogP contribution in [0.4, 0.5) is 0 Å². The Morgan fingerprint density at radius 2 is 1.52 bits per heavy atom. The van der Waals surface area contributed by atoms with E-state index in [2.05, 4.69) is 24.0 Å². The molecule has 0 atom stereocenters. The first-order chi connectivity index (χ1) is 14.2. The molecule has 1 amide bonds. The number of fused-ring (bicyclic) bond motifs is 1. The molecular formula is C25H21NO3. The van der Waals surface area contributed by atoms with E-state index in [0.717, 1.165) is 11.3 Å². The number of amides is 1. The Hall–Kier alpha value is -3.71. The van der Waals surface area contributed by atoms with Crippen molar-refractivity contribution < 1.29 is 14.3 Å². The molecule has 1 heterocycles. The lowest BCUT2D eigenvalue weighted by Gasteiger charge is -2.17. The van der Waals surface area contributed by atoms with Gasteiger partial charge in [-0.05, 0) is 47.5 Å². The molecule has 4 rings (SSSR count). The van der Waals surface area contributed by atoms with Gasteiger partial charge in [0, 0.05) is 24.2 Å². The van der Waals surface area contributed by atoms with Crippen LogP contribution in [0.1, 0.15) is 32.6 Å². The third-order valence-electron chi connectivity index (χ3n) is 5.00. The van der Waals surface area contributed by atoms with Crippen molar-refractivity contribution >= 4 is 5.91 Å². The smallest absolute Gasteiger partial charge is 0.255 e. The number of benzene rings is 3. The van der Waals surface area contributed by atoms with Gasteiger partial charge >= 0.3 is 0 Å². The summed E-state index contributed by atoms with van der Waals surface area (Å²) in [6.45, 7) is 1.23. The first-order valence-electron chi connectivity index (χ1n) is 9.38. The number of carbonyl (C=O) groups excluding carboxylic acids is 1. The maximum Gasteiger partial charge on any atom is 0.255 e. The van der Waals surface area contributed by atoms with Crippen molar-refractivity contribution in [3.8, 4) is 23.3 Å². The second kappa shape index (κ2) is 8.12. The SMILES string of the molecule is COc1cccc(C#Cc2cc(OC)ccc2C(=O)N2Cc3ccccc3C2)c1. The Bertz CT molecular complexity index is 1100. The van der Waals surface area contributed by atoms with E-state index in [9.17, 15) is 4.79 Å². The molecule has 1 aliphatic rings. The predicted molar refractivity (Wildman–Crippen MR) is 112 cm³/mol. The van der Waals surface area contributed by atoms with E-state index in [1.54, 1.807) is 26.4 Å². The summed E-state index contributed by atoms with van der Waals surface area (Å²) in [6.07, 6.45) is 0. The summed E-state index contributed by atoms with van der Waals surface area (Å²) in [5, 5.41) is 0. The first kappa shape index (κ1) is 18.6. The molecule has 4 nitrogen and oxygen atoms in total. The van der Waals surface area contributed by atoms with E-state index in [4.69, 9.17) is 9.47 Å². The standard InChI is InChI=1S/C25H21NO3/c1-28-22-9-5-6-18(14-22)10-11-19-15-23(29-2)12-13-24(19)25(27)26-16-20-7-3-4-8-21(20)17-26/h3-9,12-15H,16-17H2,1-2H3. The van der Waals surface area contributed by atoms with Crippen molar-refractivity contribution in [3.05, 3.63) is 94.5 Å². The molecule has 0 saturated carbocycles. The Morgan fingerprint density at radius 1 is 0.828 bits per heavy atom. The van der Waals surface area contributed by atoms with Crippen LogP contribution < -0.4 is 9.47 Å². The summed E-state index contributed by atoms with van der Waals surface area (Å²) in [7, 11) is 3.23. The lowest BCUT2D eigenvalue weighted by atomic mass is 10.1. The zero-order valence-electron chi connectivity index (χ0n) is 16.4. The van der Waals surface area contributed by atoms with E-state index in [1.807, 2.05) is 47.4 Å². The minimum atomic E-state index is -0.0289. The molecule has 0 aromatic heterocycles. The molecule has 0 unspecified atom stereocenters. The molecule has 0 N–H and O–H groups in total. The molecule has 144 valence electrons. The molecule has 29 heavy (non-hydrogen) atoms. The summed E-state index contributed by atoms with van der Waals surface area (Å²) in [6, 6.07) is 21.1. The Morgan fingerprint density at radius 3 is 2.21 bits per heavy atom. The number of hydrogen-bond acceptors (Lipinski definition) is 3. The zero-order chi connectivity index (χ0) is 20.2. The normalized spacial score (nSPS) is 12.0. The van der Waals surface area contributed by atoms with Gasteiger partial charge in [0.15, 0.2) is 0 Å². The van der Waals surface area contributed by atoms with Crippen molar-refractivity contribution in [2.45, 2.75) is 13.1 Å². The molecule has 0 radical (unpaired) electrons. The van der Waals surface area contributed by atoms with Gasteiger partial charge in [-0.2, -0.15) is 0 Å². The molecule has 0 fully saturated rings. The van der Waals surface area contributed by atoms with Crippen LogP contribution in [0.5, 0.6) is 11.5 Å². The van der Waals surface area contributed by atoms with Crippen LogP contribution in [0.2, 0.25) is 0 Å². The van der Waals surface area contributed by atoms with E-state index < -0.39 is 0 Å². The predicted octanol–water partition coefficient (Wildman–Crippen LogP) is 4.26. The van der Waals surface area contributed by atoms with Gasteiger partial charge in [0.1, 0.15) is 11.5 Å². The fourth-order valence-electron chi connectivity index (χ4n) is 3.43. The van der Waals surface area contributed by atoms with Crippen LogP contribution in [0, 0.1) is 11.8 Å². The highest BCUT2D eigenvalue weighted by Gasteiger charge is 2.25. The minimum Gasteiger partial charge on any atom is -0.497 e. The topological polar surface area (TPSA) is 38.8 Å². The highest BCUT2D eigenvalue weighted by Crippen LogP contribution is 2.26. The molecule has 0 saturated heterocycles. The minimum absolute atomic E-state index is 0.0289. The fourth-order valence-corrected chi connectivity index (χ4v) is 3.43. The van der Waals surface area contributed by atoms with Gasteiger partial charge in [0.05, 0.1) is 19.8 Å². The summed E-state index contributed by atoms with van der Waals surface area (Å²) in [5.74, 6) is 7.66. The second-order valence-corrected chi connectivity index (χ2v) is 6.82. The average molecular weight is 383 g/mol. The number of methoxy groups -OCH3 is 2. The maximum absolute atomic E-state index is 13.2. The second-order valence-electron chi connectivity index (χ2n) is 6.82. The Balaban J connectivity index is 1.66. The summed E-state index contributed by atoms with van der Waals surface area (Å²) in [5.41, 5.74) is 4.43. The largest absolute Gasteiger partial charge is 0.497 e. The number of hydrogen-bond donors (Lipinski definition) is 0. The van der Waals surface area contributed by atoms with Gasteiger partial charge in [-0.3, -0.25) is 4.79 Å². The zero-order valence-corrected chi connectivity index (χ0v) is 16.4. The van der Waals surface area contributed by atoms with Crippen molar-refractivity contribution in [3.63, 3.8) is 0 Å². The number of carbonyl (C=O) groups is 1. The van der Waals surface area contributed by atoms with Gasteiger partial charge in [-0.15, -0.1) is 0 Å². The molecule has 3 aromatic carbocycles. The fraction of sp³-hybridized carbons (Fsp3) is 0.160. The van der Waals surface area contributed by atoms with Gasteiger partial charge in [0.25, 0.3) is 5.91 Å². The van der Waals surface area contributed by atoms with Crippen LogP contribution in [0.15, 0.2) is 66.7 Å². The lowest BCUT2D eigenvalue weighted by molar-refractivity contribution is 0.0751. The Labute approximate surface area is 170 Å². The quantitative estimate of drug-likeness (QED) is 0.635. The molecule has 0 bridgehead atoms. The summed E-state index contributed by atoms with van der Waals surface area (Å²) < 4.78 is 10.6. The highest BCUT2D eigenvalue weighted by atomic mass is 16.5. The summed E-state index contributed by atoms with van der Waals surface area (Å²) in [4.78, 5) is 15.1. The van der Waals surface area contributed by atoms with Gasteiger partial charge in [-0.25, -0.2) is 0 Å². The number of rotatable bonds is 3. The van der Waals surface area contributed by atoms with Crippen molar-refractivity contribution in [2.24, 2.45) is 0 Å². The lowest BCUT2D eigenvalue weighted by Crippen LogP contribution is -2.26. The van der Waals surface area contributed by atoms with Crippen molar-refractivity contribution in [2.75, 3.05) is 14.2 Å². The third-order valence-corrected chi connectivity index (χ3v) is 5.00. The molecular weight excluding hydrogens is 362 g/mol. The van der Waals surface area contributed by atoms with Gasteiger partial charge in [0.2, 0.25) is 0 Å². The van der Waals surface area contributed by atoms with Crippen LogP contribution in [0.25, 0.3) is 0 Å². The highest BCUT2D eigenvalue weighted by molar-refractivity contribution is 5.97. The van der Waals surface area contributed by atoms with Crippen LogP contribution in [-0.2, 0) is 13.1 Å². The van der Waals surface area contributed by atoms with Crippen LogP contribution >= 0.6 is 0 Å². The van der Waals surface area contributed by atoms with E-state index in [0.29, 0.717) is 30.0 Å².